The smallest absolute Gasteiger partial charge is 0.450 e. The summed E-state index contributed by atoms with van der Waals surface area (Å²) in [5.74, 6) is -0.00761. The first-order valence-electron chi connectivity index (χ1n) is 5.85. The molecule has 2 rings (SSSR count). The number of carbonyl (C=O) groups is 1. The van der Waals surface area contributed by atoms with Crippen molar-refractivity contribution in [1.82, 2.24) is 0 Å². The summed E-state index contributed by atoms with van der Waals surface area (Å²) in [5.41, 5.74) is 0.633. The second kappa shape index (κ2) is 5.06. The summed E-state index contributed by atoms with van der Waals surface area (Å²) in [5, 5.41) is 9.89. The van der Waals surface area contributed by atoms with Gasteiger partial charge in [0.25, 0.3) is 0 Å². The average Bonchev–Trinajstić information content (AvgIpc) is 2.80. The predicted octanol–water partition coefficient (Wildman–Crippen LogP) is 4.64. The zero-order chi connectivity index (χ0) is 14.2. The Bertz CT molecular complexity index is 520. The Morgan fingerprint density at radius 3 is 2.47 bits per heavy atom. The van der Waals surface area contributed by atoms with Crippen LogP contribution in [0.25, 0.3) is 5.03 Å². The lowest BCUT2D eigenvalue weighted by molar-refractivity contribution is 0.0732. The standard InChI is InChI=1S/C14H14Cl2O3/c1-14(2)10(12(14)19-13(17)18)7-11(16)8-3-5-9(15)6-4-8/h3-7,10,12H,1-2H3,(H,17,18)/t10-,12-/m1/s1. The molecule has 0 aliphatic heterocycles. The van der Waals surface area contributed by atoms with Crippen LogP contribution >= 0.6 is 23.2 Å². The van der Waals surface area contributed by atoms with E-state index in [0.717, 1.165) is 5.56 Å². The van der Waals surface area contributed by atoms with Crippen LogP contribution in [0.5, 0.6) is 0 Å². The fourth-order valence-corrected chi connectivity index (χ4v) is 2.52. The van der Waals surface area contributed by atoms with E-state index in [1.54, 1.807) is 12.1 Å². The summed E-state index contributed by atoms with van der Waals surface area (Å²) in [4.78, 5) is 10.6. The van der Waals surface area contributed by atoms with Gasteiger partial charge in [0.15, 0.2) is 0 Å². The van der Waals surface area contributed by atoms with E-state index >= 15 is 0 Å². The lowest BCUT2D eigenvalue weighted by atomic mass is 10.1. The molecule has 5 heteroatoms. The molecule has 0 amide bonds. The van der Waals surface area contributed by atoms with E-state index in [1.165, 1.54) is 0 Å². The zero-order valence-corrected chi connectivity index (χ0v) is 12.1. The maximum absolute atomic E-state index is 10.6. The van der Waals surface area contributed by atoms with Crippen LogP contribution in [0, 0.1) is 11.3 Å². The Kier molecular flexibility index (Phi) is 3.79. The van der Waals surface area contributed by atoms with Crippen molar-refractivity contribution in [3.8, 4) is 0 Å². The highest BCUT2D eigenvalue weighted by atomic mass is 35.5. The van der Waals surface area contributed by atoms with Gasteiger partial charge in [0, 0.05) is 21.4 Å². The molecular weight excluding hydrogens is 287 g/mol. The highest BCUT2D eigenvalue weighted by Crippen LogP contribution is 2.56. The number of carboxylic acid groups (broad SMARTS) is 1. The second-order valence-electron chi connectivity index (χ2n) is 5.17. The molecule has 3 nitrogen and oxygen atoms in total. The fourth-order valence-electron chi connectivity index (χ4n) is 2.13. The van der Waals surface area contributed by atoms with E-state index in [9.17, 15) is 4.79 Å². The van der Waals surface area contributed by atoms with Crippen LogP contribution < -0.4 is 0 Å². The molecule has 0 aromatic heterocycles. The third-order valence-corrected chi connectivity index (χ3v) is 4.08. The monoisotopic (exact) mass is 300 g/mol. The van der Waals surface area contributed by atoms with Gasteiger partial charge < -0.3 is 9.84 Å². The Labute approximate surface area is 121 Å². The van der Waals surface area contributed by atoms with Gasteiger partial charge in [-0.25, -0.2) is 4.79 Å². The molecule has 1 aromatic carbocycles. The molecule has 2 atom stereocenters. The summed E-state index contributed by atoms with van der Waals surface area (Å²) < 4.78 is 4.84. The molecule has 1 N–H and O–H groups in total. The van der Waals surface area contributed by atoms with Crippen molar-refractivity contribution in [2.24, 2.45) is 11.3 Å². The fraction of sp³-hybridized carbons (Fsp3) is 0.357. The molecule has 0 unspecified atom stereocenters. The van der Waals surface area contributed by atoms with Gasteiger partial charge in [0.1, 0.15) is 6.10 Å². The minimum atomic E-state index is -1.25. The van der Waals surface area contributed by atoms with Crippen molar-refractivity contribution in [1.29, 1.82) is 0 Å². The lowest BCUT2D eigenvalue weighted by Gasteiger charge is -2.00. The number of hydrogen-bond acceptors (Lipinski definition) is 2. The third kappa shape index (κ3) is 3.04. The molecule has 1 saturated carbocycles. The quantitative estimate of drug-likeness (QED) is 0.827. The van der Waals surface area contributed by atoms with Gasteiger partial charge in [-0.15, -0.1) is 0 Å². The van der Waals surface area contributed by atoms with Gasteiger partial charge in [-0.1, -0.05) is 55.3 Å². The Hall–Kier alpha value is -1.19. The highest BCUT2D eigenvalue weighted by Gasteiger charge is 2.60. The Balaban J connectivity index is 2.13. The number of halogens is 2. The average molecular weight is 301 g/mol. The number of rotatable bonds is 3. The van der Waals surface area contributed by atoms with Crippen molar-refractivity contribution in [3.63, 3.8) is 0 Å². The largest absolute Gasteiger partial charge is 0.506 e. The van der Waals surface area contributed by atoms with Gasteiger partial charge >= 0.3 is 6.16 Å². The molecule has 1 fully saturated rings. The van der Waals surface area contributed by atoms with Crippen LogP contribution in [0.2, 0.25) is 5.02 Å². The van der Waals surface area contributed by atoms with Crippen LogP contribution in [0.3, 0.4) is 0 Å². The summed E-state index contributed by atoms with van der Waals surface area (Å²) in [6.45, 7) is 3.90. The van der Waals surface area contributed by atoms with Gasteiger partial charge in [-0.2, -0.15) is 0 Å². The third-order valence-electron chi connectivity index (χ3n) is 3.48. The molecule has 0 saturated heterocycles. The van der Waals surface area contributed by atoms with E-state index in [-0.39, 0.29) is 17.4 Å². The number of benzene rings is 1. The second-order valence-corrected chi connectivity index (χ2v) is 6.02. The predicted molar refractivity (Wildman–Crippen MR) is 75.5 cm³/mol. The molecule has 0 bridgehead atoms. The molecule has 1 aliphatic rings. The van der Waals surface area contributed by atoms with E-state index in [2.05, 4.69) is 0 Å². The zero-order valence-electron chi connectivity index (χ0n) is 10.6. The number of ether oxygens (including phenoxy) is 1. The van der Waals surface area contributed by atoms with Crippen LogP contribution in [0.1, 0.15) is 19.4 Å². The Morgan fingerprint density at radius 1 is 1.37 bits per heavy atom. The molecule has 0 radical (unpaired) electrons. The van der Waals surface area contributed by atoms with Crippen LogP contribution in [-0.2, 0) is 4.74 Å². The highest BCUT2D eigenvalue weighted by molar-refractivity contribution is 6.48. The van der Waals surface area contributed by atoms with Gasteiger partial charge in [-0.05, 0) is 17.7 Å². The van der Waals surface area contributed by atoms with Crippen LogP contribution in [-0.4, -0.2) is 17.4 Å². The van der Waals surface area contributed by atoms with Gasteiger partial charge in [0.2, 0.25) is 0 Å². The van der Waals surface area contributed by atoms with Crippen molar-refractivity contribution >= 4 is 34.4 Å². The molecule has 19 heavy (non-hydrogen) atoms. The van der Waals surface area contributed by atoms with Crippen molar-refractivity contribution < 1.29 is 14.6 Å². The summed E-state index contributed by atoms with van der Waals surface area (Å²) >= 11 is 12.1. The van der Waals surface area contributed by atoms with Crippen LogP contribution in [0.4, 0.5) is 4.79 Å². The van der Waals surface area contributed by atoms with E-state index in [0.29, 0.717) is 10.1 Å². The SMILES string of the molecule is CC1(C)[C@H](C=C(Cl)c2ccc(Cl)cc2)[C@H]1OC(=O)O. The molecule has 102 valence electrons. The first-order chi connectivity index (χ1) is 8.82. The normalized spacial score (nSPS) is 24.9. The molecule has 0 spiro atoms. The van der Waals surface area contributed by atoms with E-state index in [4.69, 9.17) is 33.0 Å². The molecule has 1 aliphatic carbocycles. The lowest BCUT2D eigenvalue weighted by Crippen LogP contribution is -2.07. The molecule has 0 heterocycles. The van der Waals surface area contributed by atoms with E-state index < -0.39 is 6.16 Å². The maximum Gasteiger partial charge on any atom is 0.506 e. The molecule has 1 aromatic rings. The van der Waals surface area contributed by atoms with Gasteiger partial charge in [-0.3, -0.25) is 0 Å². The summed E-state index contributed by atoms with van der Waals surface area (Å²) in [7, 11) is 0. The van der Waals surface area contributed by atoms with Crippen LogP contribution in [0.15, 0.2) is 30.3 Å². The number of hydrogen-bond donors (Lipinski definition) is 1. The molecular formula is C14H14Cl2O3. The van der Waals surface area contributed by atoms with Crippen molar-refractivity contribution in [2.75, 3.05) is 0 Å². The topological polar surface area (TPSA) is 46.5 Å². The van der Waals surface area contributed by atoms with Crippen molar-refractivity contribution in [3.05, 3.63) is 40.9 Å². The van der Waals surface area contributed by atoms with Gasteiger partial charge in [0.05, 0.1) is 0 Å². The summed E-state index contributed by atoms with van der Waals surface area (Å²) in [6, 6.07) is 7.17. The summed E-state index contributed by atoms with van der Waals surface area (Å²) in [6.07, 6.45) is 0.251. The first-order valence-corrected chi connectivity index (χ1v) is 6.61. The minimum absolute atomic E-state index is 0.00761. The first kappa shape index (κ1) is 14.2. The van der Waals surface area contributed by atoms with Crippen molar-refractivity contribution in [2.45, 2.75) is 20.0 Å². The Morgan fingerprint density at radius 2 is 1.95 bits per heavy atom. The van der Waals surface area contributed by atoms with E-state index in [1.807, 2.05) is 32.1 Å². The maximum atomic E-state index is 10.6. The minimum Gasteiger partial charge on any atom is -0.450 e.